The summed E-state index contributed by atoms with van der Waals surface area (Å²) in [5, 5.41) is 13.2. The van der Waals surface area contributed by atoms with Gasteiger partial charge in [0.05, 0.1) is 5.69 Å². The predicted octanol–water partition coefficient (Wildman–Crippen LogP) is 2.47. The van der Waals surface area contributed by atoms with Crippen LogP contribution in [0.25, 0.3) is 5.69 Å². The van der Waals surface area contributed by atoms with Crippen molar-refractivity contribution in [2.24, 2.45) is 0 Å². The third-order valence-corrected chi connectivity index (χ3v) is 3.87. The maximum absolute atomic E-state index is 11.0. The second-order valence-corrected chi connectivity index (χ2v) is 5.54. The number of rotatable bonds is 4. The second-order valence-electron chi connectivity index (χ2n) is 5.54. The van der Waals surface area contributed by atoms with Crippen LogP contribution in [-0.4, -0.2) is 38.8 Å². The number of likely N-dealkylation sites (tertiary alicyclic amines) is 1. The molecule has 0 spiro atoms. The van der Waals surface area contributed by atoms with E-state index in [2.05, 4.69) is 22.1 Å². The summed E-state index contributed by atoms with van der Waals surface area (Å²) in [7, 11) is 0. The molecule has 2 aromatic rings. The Balaban J connectivity index is 1.86. The molecule has 1 N–H and O–H groups in total. The Morgan fingerprint density at radius 2 is 2.05 bits per heavy atom. The highest BCUT2D eigenvalue weighted by atomic mass is 16.4. The number of carboxylic acids is 1. The fourth-order valence-electron chi connectivity index (χ4n) is 2.83. The lowest BCUT2D eigenvalue weighted by molar-refractivity contribution is 0.0690. The van der Waals surface area contributed by atoms with Gasteiger partial charge in [0.1, 0.15) is 0 Å². The quantitative estimate of drug-likeness (QED) is 0.937. The zero-order valence-corrected chi connectivity index (χ0v) is 12.1. The van der Waals surface area contributed by atoms with Crippen LogP contribution in [0.3, 0.4) is 0 Å². The van der Waals surface area contributed by atoms with Gasteiger partial charge in [-0.3, -0.25) is 4.90 Å². The number of hydrogen-bond acceptors (Lipinski definition) is 3. The van der Waals surface area contributed by atoms with E-state index in [4.69, 9.17) is 5.11 Å². The van der Waals surface area contributed by atoms with Crippen molar-refractivity contribution in [1.82, 2.24) is 14.7 Å². The van der Waals surface area contributed by atoms with Crippen LogP contribution in [0.5, 0.6) is 0 Å². The zero-order chi connectivity index (χ0) is 14.8. The summed E-state index contributed by atoms with van der Waals surface area (Å²) >= 11 is 0. The number of aromatic carboxylic acids is 1. The molecule has 0 aliphatic carbocycles. The molecule has 5 heteroatoms. The average Bonchev–Trinajstić information content (AvgIpc) is 3.08. The number of carbonyl (C=O) groups is 1. The molecule has 1 saturated heterocycles. The summed E-state index contributed by atoms with van der Waals surface area (Å²) in [6.45, 7) is 5.13. The molecule has 1 fully saturated rings. The van der Waals surface area contributed by atoms with Crippen molar-refractivity contribution in [3.8, 4) is 5.69 Å². The van der Waals surface area contributed by atoms with Crippen molar-refractivity contribution in [2.45, 2.75) is 26.3 Å². The Bertz CT molecular complexity index is 657. The first kappa shape index (κ1) is 13.8. The lowest BCUT2D eigenvalue weighted by atomic mass is 10.2. The molecule has 0 bridgehead atoms. The van der Waals surface area contributed by atoms with Gasteiger partial charge in [-0.1, -0.05) is 12.1 Å². The molecular weight excluding hydrogens is 266 g/mol. The molecule has 0 atom stereocenters. The largest absolute Gasteiger partial charge is 0.476 e. The summed E-state index contributed by atoms with van der Waals surface area (Å²) in [5.41, 5.74) is 3.06. The summed E-state index contributed by atoms with van der Waals surface area (Å²) in [6.07, 6.45) is 2.56. The molecule has 110 valence electrons. The minimum absolute atomic E-state index is 0.0810. The molecule has 1 aromatic carbocycles. The number of aryl methyl sites for hydroxylation is 1. The van der Waals surface area contributed by atoms with Crippen molar-refractivity contribution in [1.29, 1.82) is 0 Å². The van der Waals surface area contributed by atoms with E-state index >= 15 is 0 Å². The highest BCUT2D eigenvalue weighted by Crippen LogP contribution is 2.17. The van der Waals surface area contributed by atoms with Crippen molar-refractivity contribution in [2.75, 3.05) is 13.1 Å². The number of nitrogens with zero attached hydrogens (tertiary/aromatic N) is 3. The van der Waals surface area contributed by atoms with Gasteiger partial charge in [-0.05, 0) is 56.6 Å². The Labute approximate surface area is 123 Å². The fraction of sp³-hybridized carbons (Fsp3) is 0.375. The first-order chi connectivity index (χ1) is 10.1. The summed E-state index contributed by atoms with van der Waals surface area (Å²) < 4.78 is 1.69. The molecule has 1 aliphatic rings. The number of carboxylic acid groups (broad SMARTS) is 1. The van der Waals surface area contributed by atoms with Crippen molar-refractivity contribution in [3.63, 3.8) is 0 Å². The van der Waals surface area contributed by atoms with Crippen LogP contribution in [0.2, 0.25) is 0 Å². The molecule has 21 heavy (non-hydrogen) atoms. The molecule has 0 amide bonds. The van der Waals surface area contributed by atoms with E-state index < -0.39 is 5.97 Å². The van der Waals surface area contributed by atoms with Gasteiger partial charge in [0.25, 0.3) is 0 Å². The fourth-order valence-corrected chi connectivity index (χ4v) is 2.83. The molecule has 3 rings (SSSR count). The molecule has 0 saturated carbocycles. The predicted molar refractivity (Wildman–Crippen MR) is 79.8 cm³/mol. The average molecular weight is 285 g/mol. The van der Waals surface area contributed by atoms with E-state index in [1.807, 2.05) is 19.1 Å². The molecule has 1 aromatic heterocycles. The Morgan fingerprint density at radius 3 is 2.71 bits per heavy atom. The van der Waals surface area contributed by atoms with Gasteiger partial charge in [-0.2, -0.15) is 5.10 Å². The SMILES string of the molecule is Cc1cc(C(=O)O)nn1-c1cccc(CN2CCCC2)c1. The van der Waals surface area contributed by atoms with Gasteiger partial charge in [-0.25, -0.2) is 9.48 Å². The summed E-state index contributed by atoms with van der Waals surface area (Å²) in [6, 6.07) is 9.75. The van der Waals surface area contributed by atoms with Crippen LogP contribution in [0, 0.1) is 6.92 Å². The molecule has 5 nitrogen and oxygen atoms in total. The third-order valence-electron chi connectivity index (χ3n) is 3.87. The minimum atomic E-state index is -0.995. The molecule has 0 unspecified atom stereocenters. The Hall–Kier alpha value is -2.14. The minimum Gasteiger partial charge on any atom is -0.476 e. The summed E-state index contributed by atoms with van der Waals surface area (Å²) in [5.74, 6) is -0.995. The first-order valence-corrected chi connectivity index (χ1v) is 7.25. The van der Waals surface area contributed by atoms with Crippen LogP contribution in [0.15, 0.2) is 30.3 Å². The van der Waals surface area contributed by atoms with Crippen LogP contribution in [0.4, 0.5) is 0 Å². The van der Waals surface area contributed by atoms with Crippen LogP contribution >= 0.6 is 0 Å². The molecule has 1 aliphatic heterocycles. The highest BCUT2D eigenvalue weighted by Gasteiger charge is 2.14. The van der Waals surface area contributed by atoms with Gasteiger partial charge >= 0.3 is 5.97 Å². The topological polar surface area (TPSA) is 58.4 Å². The first-order valence-electron chi connectivity index (χ1n) is 7.25. The van der Waals surface area contributed by atoms with E-state index in [0.29, 0.717) is 0 Å². The Morgan fingerprint density at radius 1 is 1.29 bits per heavy atom. The normalized spacial score (nSPS) is 15.5. The van der Waals surface area contributed by atoms with Gasteiger partial charge < -0.3 is 5.11 Å². The van der Waals surface area contributed by atoms with Crippen LogP contribution < -0.4 is 0 Å². The van der Waals surface area contributed by atoms with E-state index in [1.54, 1.807) is 10.7 Å². The maximum atomic E-state index is 11.0. The van der Waals surface area contributed by atoms with E-state index in [-0.39, 0.29) is 5.69 Å². The zero-order valence-electron chi connectivity index (χ0n) is 12.1. The van der Waals surface area contributed by atoms with E-state index in [1.165, 1.54) is 18.4 Å². The maximum Gasteiger partial charge on any atom is 0.356 e. The van der Waals surface area contributed by atoms with Crippen molar-refractivity contribution in [3.05, 3.63) is 47.3 Å². The monoisotopic (exact) mass is 285 g/mol. The lowest BCUT2D eigenvalue weighted by Crippen LogP contribution is -2.18. The van der Waals surface area contributed by atoms with E-state index in [0.717, 1.165) is 31.0 Å². The van der Waals surface area contributed by atoms with Gasteiger partial charge in [0.15, 0.2) is 5.69 Å². The number of aromatic nitrogens is 2. The van der Waals surface area contributed by atoms with Gasteiger partial charge in [0.2, 0.25) is 0 Å². The summed E-state index contributed by atoms with van der Waals surface area (Å²) in [4.78, 5) is 13.5. The number of hydrogen-bond donors (Lipinski definition) is 1. The smallest absolute Gasteiger partial charge is 0.356 e. The third kappa shape index (κ3) is 2.97. The lowest BCUT2D eigenvalue weighted by Gasteiger charge is -2.15. The standard InChI is InChI=1S/C16H19N3O2/c1-12-9-15(16(20)21)17-19(12)14-6-4-5-13(10-14)11-18-7-2-3-8-18/h4-6,9-10H,2-3,7-8,11H2,1H3,(H,20,21). The number of benzene rings is 1. The van der Waals surface area contributed by atoms with Crippen molar-refractivity contribution >= 4 is 5.97 Å². The molecular formula is C16H19N3O2. The molecule has 2 heterocycles. The van der Waals surface area contributed by atoms with Gasteiger partial charge in [0, 0.05) is 12.2 Å². The molecule has 0 radical (unpaired) electrons. The van der Waals surface area contributed by atoms with Crippen LogP contribution in [-0.2, 0) is 6.54 Å². The highest BCUT2D eigenvalue weighted by molar-refractivity contribution is 5.85. The van der Waals surface area contributed by atoms with E-state index in [9.17, 15) is 4.79 Å². The van der Waals surface area contributed by atoms with Crippen LogP contribution in [0.1, 0.15) is 34.6 Å². The Kier molecular flexibility index (Phi) is 3.75. The van der Waals surface area contributed by atoms with Gasteiger partial charge in [-0.15, -0.1) is 0 Å². The van der Waals surface area contributed by atoms with Crippen molar-refractivity contribution < 1.29 is 9.90 Å². The second kappa shape index (κ2) is 5.69.